The number of nitrogens with zero attached hydrogens (tertiary/aromatic N) is 1. The quantitative estimate of drug-likeness (QED) is 0.879. The van der Waals surface area contributed by atoms with Crippen LogP contribution in [-0.2, 0) is 4.74 Å². The molecule has 1 aliphatic carbocycles. The van der Waals surface area contributed by atoms with Gasteiger partial charge in [-0.05, 0) is 68.2 Å². The lowest BCUT2D eigenvalue weighted by Crippen LogP contribution is -2.52. The first-order valence-electron chi connectivity index (χ1n) is 11.1. The van der Waals surface area contributed by atoms with E-state index in [1.807, 2.05) is 0 Å². The number of para-hydroxylation sites is 1. The third-order valence-electron chi connectivity index (χ3n) is 7.54. The van der Waals surface area contributed by atoms with E-state index in [-0.39, 0.29) is 0 Å². The van der Waals surface area contributed by atoms with Gasteiger partial charge >= 0.3 is 0 Å². The molecular weight excluding hydrogens is 336 g/mol. The maximum atomic E-state index is 6.42. The van der Waals surface area contributed by atoms with Crippen molar-refractivity contribution in [1.82, 2.24) is 10.2 Å². The topological polar surface area (TPSA) is 33.7 Å². The van der Waals surface area contributed by atoms with Crippen molar-refractivity contribution in [3.8, 4) is 5.75 Å². The van der Waals surface area contributed by atoms with Crippen molar-refractivity contribution in [2.24, 2.45) is 5.41 Å². The number of hydrogen-bond acceptors (Lipinski definition) is 4. The highest BCUT2D eigenvalue weighted by atomic mass is 16.5. The van der Waals surface area contributed by atoms with Crippen LogP contribution in [0.1, 0.15) is 56.4 Å². The molecule has 4 heteroatoms. The molecule has 1 spiro atoms. The lowest BCUT2D eigenvalue weighted by Gasteiger charge is -2.41. The predicted octanol–water partition coefficient (Wildman–Crippen LogP) is 3.57. The molecular formula is C23H34N2O2. The third kappa shape index (κ3) is 3.76. The predicted molar refractivity (Wildman–Crippen MR) is 107 cm³/mol. The Balaban J connectivity index is 1.19. The zero-order valence-electron chi connectivity index (χ0n) is 16.5. The van der Waals surface area contributed by atoms with E-state index in [1.165, 1.54) is 63.8 Å². The molecule has 0 bridgehead atoms. The Morgan fingerprint density at radius 1 is 1.00 bits per heavy atom. The molecule has 1 atom stereocenters. The van der Waals surface area contributed by atoms with Gasteiger partial charge in [-0.3, -0.25) is 0 Å². The van der Waals surface area contributed by atoms with Crippen molar-refractivity contribution in [2.75, 3.05) is 39.4 Å². The molecule has 3 heterocycles. The van der Waals surface area contributed by atoms with Crippen LogP contribution in [0.2, 0.25) is 0 Å². The van der Waals surface area contributed by atoms with Crippen LogP contribution in [0.4, 0.5) is 0 Å². The third-order valence-corrected chi connectivity index (χ3v) is 7.54. The van der Waals surface area contributed by atoms with Crippen molar-refractivity contribution in [3.63, 3.8) is 0 Å². The van der Waals surface area contributed by atoms with E-state index in [2.05, 4.69) is 34.5 Å². The summed E-state index contributed by atoms with van der Waals surface area (Å²) < 4.78 is 11.9. The molecule has 0 aromatic heterocycles. The van der Waals surface area contributed by atoms with Crippen LogP contribution in [0.25, 0.3) is 0 Å². The Morgan fingerprint density at radius 3 is 2.48 bits per heavy atom. The second kappa shape index (κ2) is 7.73. The summed E-state index contributed by atoms with van der Waals surface area (Å²) in [5.74, 6) is 1.78. The fraction of sp³-hybridized carbons (Fsp3) is 0.739. The molecule has 3 aliphatic heterocycles. The summed E-state index contributed by atoms with van der Waals surface area (Å²) in [6.45, 7) is 6.70. The Hall–Kier alpha value is -1.10. The molecule has 5 rings (SSSR count). The summed E-state index contributed by atoms with van der Waals surface area (Å²) in [5, 5.41) is 3.50. The van der Waals surface area contributed by atoms with Gasteiger partial charge < -0.3 is 19.7 Å². The van der Waals surface area contributed by atoms with E-state index in [0.29, 0.717) is 17.4 Å². The van der Waals surface area contributed by atoms with E-state index in [4.69, 9.17) is 9.47 Å². The Kier molecular flexibility index (Phi) is 5.14. The number of nitrogens with one attached hydrogen (secondary N) is 1. The van der Waals surface area contributed by atoms with E-state index in [1.54, 1.807) is 0 Å². The fourth-order valence-corrected chi connectivity index (χ4v) is 5.76. The summed E-state index contributed by atoms with van der Waals surface area (Å²) in [5.41, 5.74) is 2.10. The van der Waals surface area contributed by atoms with E-state index in [9.17, 15) is 0 Å². The Morgan fingerprint density at radius 2 is 1.78 bits per heavy atom. The molecule has 4 nitrogen and oxygen atoms in total. The zero-order chi connectivity index (χ0) is 18.1. The molecule has 1 aromatic carbocycles. The average molecular weight is 371 g/mol. The minimum Gasteiger partial charge on any atom is -0.490 e. The first-order chi connectivity index (χ1) is 13.3. The second-order valence-corrected chi connectivity index (χ2v) is 9.28. The molecule has 1 unspecified atom stereocenters. The lowest BCUT2D eigenvalue weighted by molar-refractivity contribution is 0.0248. The average Bonchev–Trinajstić information content (AvgIpc) is 3.16. The van der Waals surface area contributed by atoms with Crippen molar-refractivity contribution < 1.29 is 9.47 Å². The largest absolute Gasteiger partial charge is 0.490 e. The van der Waals surface area contributed by atoms with Gasteiger partial charge in [0.15, 0.2) is 0 Å². The number of hydrogen-bond donors (Lipinski definition) is 1. The Labute approximate surface area is 163 Å². The molecule has 1 N–H and O–H groups in total. The summed E-state index contributed by atoms with van der Waals surface area (Å²) in [7, 11) is 0. The molecule has 3 saturated heterocycles. The van der Waals surface area contributed by atoms with Crippen molar-refractivity contribution in [3.05, 3.63) is 29.8 Å². The monoisotopic (exact) mass is 370 g/mol. The van der Waals surface area contributed by atoms with Crippen LogP contribution in [0.3, 0.4) is 0 Å². The van der Waals surface area contributed by atoms with Crippen LogP contribution >= 0.6 is 0 Å². The minimum absolute atomic E-state index is 0.325. The molecule has 4 aliphatic rings. The van der Waals surface area contributed by atoms with Gasteiger partial charge in [0.1, 0.15) is 11.9 Å². The Bertz CT molecular complexity index is 631. The van der Waals surface area contributed by atoms with Crippen LogP contribution < -0.4 is 10.1 Å². The number of likely N-dealkylation sites (tertiary alicyclic amines) is 1. The fourth-order valence-electron chi connectivity index (χ4n) is 5.76. The summed E-state index contributed by atoms with van der Waals surface area (Å²) in [6.07, 6.45) is 9.18. The van der Waals surface area contributed by atoms with Gasteiger partial charge in [0, 0.05) is 32.0 Å². The second-order valence-electron chi connectivity index (χ2n) is 9.28. The highest BCUT2D eigenvalue weighted by Crippen LogP contribution is 2.44. The van der Waals surface area contributed by atoms with E-state index in [0.717, 1.165) is 37.8 Å². The molecule has 1 aromatic rings. The molecule has 0 amide bonds. The number of ether oxygens (including phenoxy) is 2. The SMILES string of the molecule is c1ccc(C2CCN(C3CCC4(CNC4)C3)CC2)c(OC2CCOCC2)c1. The van der Waals surface area contributed by atoms with Gasteiger partial charge in [-0.1, -0.05) is 18.2 Å². The lowest BCUT2D eigenvalue weighted by atomic mass is 9.80. The van der Waals surface area contributed by atoms with Gasteiger partial charge in [0.05, 0.1) is 13.2 Å². The number of benzene rings is 1. The van der Waals surface area contributed by atoms with Crippen LogP contribution in [-0.4, -0.2) is 56.4 Å². The van der Waals surface area contributed by atoms with E-state index < -0.39 is 0 Å². The summed E-state index contributed by atoms with van der Waals surface area (Å²) >= 11 is 0. The number of rotatable bonds is 4. The van der Waals surface area contributed by atoms with Gasteiger partial charge in [-0.2, -0.15) is 0 Å². The van der Waals surface area contributed by atoms with Crippen molar-refractivity contribution in [2.45, 2.75) is 63.0 Å². The smallest absolute Gasteiger partial charge is 0.123 e. The maximum Gasteiger partial charge on any atom is 0.123 e. The molecule has 4 fully saturated rings. The zero-order valence-corrected chi connectivity index (χ0v) is 16.5. The standard InChI is InChI=1S/C23H34N2O2/c1-2-4-22(27-20-8-13-26-14-9-20)21(3-1)18-6-11-25(12-7-18)19-5-10-23(15-19)16-24-17-23/h1-4,18-20,24H,5-17H2. The van der Waals surface area contributed by atoms with Crippen LogP contribution in [0.5, 0.6) is 5.75 Å². The van der Waals surface area contributed by atoms with E-state index >= 15 is 0 Å². The first kappa shape index (κ1) is 18.0. The van der Waals surface area contributed by atoms with Gasteiger partial charge in [0.25, 0.3) is 0 Å². The van der Waals surface area contributed by atoms with Crippen molar-refractivity contribution >= 4 is 0 Å². The molecule has 27 heavy (non-hydrogen) atoms. The molecule has 0 radical (unpaired) electrons. The van der Waals surface area contributed by atoms with Gasteiger partial charge in [-0.25, -0.2) is 0 Å². The summed E-state index contributed by atoms with van der Waals surface area (Å²) in [6, 6.07) is 9.63. The highest BCUT2D eigenvalue weighted by molar-refractivity contribution is 5.37. The first-order valence-corrected chi connectivity index (χ1v) is 11.1. The molecule has 148 valence electrons. The molecule has 1 saturated carbocycles. The highest BCUT2D eigenvalue weighted by Gasteiger charge is 2.45. The minimum atomic E-state index is 0.325. The number of piperidine rings is 1. The van der Waals surface area contributed by atoms with Crippen LogP contribution in [0.15, 0.2) is 24.3 Å². The normalized spacial score (nSPS) is 29.7. The van der Waals surface area contributed by atoms with Crippen LogP contribution in [0, 0.1) is 5.41 Å². The maximum absolute atomic E-state index is 6.42. The van der Waals surface area contributed by atoms with Gasteiger partial charge in [0.2, 0.25) is 0 Å². The summed E-state index contributed by atoms with van der Waals surface area (Å²) in [4.78, 5) is 2.80. The van der Waals surface area contributed by atoms with Crippen molar-refractivity contribution in [1.29, 1.82) is 0 Å². The van der Waals surface area contributed by atoms with Gasteiger partial charge in [-0.15, -0.1) is 0 Å².